The average Bonchev–Trinajstić information content (AvgIpc) is 3.11. The van der Waals surface area contributed by atoms with Crippen molar-refractivity contribution in [2.75, 3.05) is 20.2 Å². The first-order chi connectivity index (χ1) is 12.4. The van der Waals surface area contributed by atoms with Crippen LogP contribution in [0.5, 0.6) is 0 Å². The second-order valence-electron chi connectivity index (χ2n) is 5.31. The Bertz CT molecular complexity index is 794. The Hall–Kier alpha value is -2.87. The summed E-state index contributed by atoms with van der Waals surface area (Å²) in [5.74, 6) is -2.29. The lowest BCUT2D eigenvalue weighted by Crippen LogP contribution is -2.39. The first kappa shape index (κ1) is 19.5. The van der Waals surface area contributed by atoms with Gasteiger partial charge >= 0.3 is 5.97 Å². The molecule has 26 heavy (non-hydrogen) atoms. The number of benzene rings is 1. The molecular weight excluding hydrogens is 367 g/mol. The van der Waals surface area contributed by atoms with Gasteiger partial charge in [0.05, 0.1) is 24.9 Å². The van der Waals surface area contributed by atoms with Gasteiger partial charge in [-0.15, -0.1) is 0 Å². The minimum atomic E-state index is -0.997. The van der Waals surface area contributed by atoms with Gasteiger partial charge in [0.1, 0.15) is 11.6 Å². The largest absolute Gasteiger partial charge is 0.467 e. The quantitative estimate of drug-likeness (QED) is 0.740. The molecule has 0 aliphatic carbocycles. The predicted octanol–water partition coefficient (Wildman–Crippen LogP) is 2.00. The lowest BCUT2D eigenvalue weighted by molar-refractivity contribution is -0.137. The summed E-state index contributed by atoms with van der Waals surface area (Å²) in [6.07, 6.45) is 1.48. The van der Waals surface area contributed by atoms with Gasteiger partial charge < -0.3 is 19.4 Å². The molecule has 1 aromatic carbocycles. The molecule has 0 unspecified atom stereocenters. The van der Waals surface area contributed by atoms with Gasteiger partial charge in [-0.2, -0.15) is 0 Å². The minimum Gasteiger partial charge on any atom is -0.467 e. The number of carbonyl (C=O) groups is 3. The summed E-state index contributed by atoms with van der Waals surface area (Å²) in [6.45, 7) is -0.659. The van der Waals surface area contributed by atoms with Gasteiger partial charge in [0.2, 0.25) is 5.91 Å². The van der Waals surface area contributed by atoms with Gasteiger partial charge in [0.25, 0.3) is 5.91 Å². The van der Waals surface area contributed by atoms with Gasteiger partial charge in [-0.1, -0.05) is 11.6 Å². The Morgan fingerprint density at radius 3 is 2.73 bits per heavy atom. The maximum atomic E-state index is 13.6. The molecule has 2 amide bonds. The molecule has 138 valence electrons. The lowest BCUT2D eigenvalue weighted by Gasteiger charge is -2.16. The summed E-state index contributed by atoms with van der Waals surface area (Å²) in [4.78, 5) is 36.6. The van der Waals surface area contributed by atoms with Crippen LogP contribution < -0.4 is 5.32 Å². The first-order valence-electron chi connectivity index (χ1n) is 7.52. The van der Waals surface area contributed by atoms with Crippen molar-refractivity contribution in [1.82, 2.24) is 10.2 Å². The molecule has 0 aliphatic heterocycles. The first-order valence-corrected chi connectivity index (χ1v) is 7.90. The van der Waals surface area contributed by atoms with Crippen LogP contribution >= 0.6 is 11.6 Å². The zero-order valence-electron chi connectivity index (χ0n) is 13.8. The Kier molecular flexibility index (Phi) is 6.74. The van der Waals surface area contributed by atoms with Crippen molar-refractivity contribution >= 4 is 29.4 Å². The highest BCUT2D eigenvalue weighted by Gasteiger charge is 2.18. The zero-order chi connectivity index (χ0) is 19.1. The maximum Gasteiger partial charge on any atom is 0.341 e. The van der Waals surface area contributed by atoms with E-state index in [1.807, 2.05) is 0 Å². The van der Waals surface area contributed by atoms with Crippen LogP contribution in [0, 0.1) is 5.82 Å². The van der Waals surface area contributed by atoms with Crippen molar-refractivity contribution in [2.24, 2.45) is 0 Å². The Labute approximate surface area is 153 Å². The predicted molar refractivity (Wildman–Crippen MR) is 89.9 cm³/mol. The fraction of sp³-hybridized carbons (Fsp3) is 0.235. The van der Waals surface area contributed by atoms with Crippen LogP contribution in [0.3, 0.4) is 0 Å². The van der Waals surface area contributed by atoms with Crippen molar-refractivity contribution in [3.63, 3.8) is 0 Å². The van der Waals surface area contributed by atoms with Crippen molar-refractivity contribution in [3.8, 4) is 0 Å². The van der Waals surface area contributed by atoms with E-state index in [4.69, 9.17) is 20.8 Å². The molecule has 2 rings (SSSR count). The molecular formula is C17H16ClFN2O5. The smallest absolute Gasteiger partial charge is 0.341 e. The van der Waals surface area contributed by atoms with E-state index in [2.05, 4.69) is 5.32 Å². The Morgan fingerprint density at radius 2 is 2.08 bits per heavy atom. The maximum absolute atomic E-state index is 13.6. The van der Waals surface area contributed by atoms with Crippen LogP contribution in [0.1, 0.15) is 16.1 Å². The second kappa shape index (κ2) is 9.00. The van der Waals surface area contributed by atoms with Gasteiger partial charge in [-0.3, -0.25) is 9.59 Å². The Morgan fingerprint density at radius 1 is 1.31 bits per heavy atom. The zero-order valence-corrected chi connectivity index (χ0v) is 14.6. The molecule has 0 atom stereocenters. The number of nitrogens with one attached hydrogen (secondary N) is 1. The molecule has 0 fully saturated rings. The molecule has 0 spiro atoms. The normalized spacial score (nSPS) is 10.3. The van der Waals surface area contributed by atoms with E-state index >= 15 is 0 Å². The van der Waals surface area contributed by atoms with E-state index < -0.39 is 30.2 Å². The number of furan rings is 1. The molecule has 2 aromatic rings. The number of nitrogens with zero attached hydrogens (tertiary/aromatic N) is 1. The summed E-state index contributed by atoms with van der Waals surface area (Å²) in [6, 6.07) is 6.85. The monoisotopic (exact) mass is 382 g/mol. The summed E-state index contributed by atoms with van der Waals surface area (Å²) in [7, 11) is 1.38. The van der Waals surface area contributed by atoms with Crippen molar-refractivity contribution in [2.45, 2.75) is 6.54 Å². The van der Waals surface area contributed by atoms with Crippen molar-refractivity contribution < 1.29 is 27.9 Å². The van der Waals surface area contributed by atoms with E-state index in [0.717, 1.165) is 17.0 Å². The third-order valence-electron chi connectivity index (χ3n) is 3.32. The van der Waals surface area contributed by atoms with E-state index in [9.17, 15) is 18.8 Å². The number of amides is 2. The average molecular weight is 383 g/mol. The molecule has 0 bridgehead atoms. The van der Waals surface area contributed by atoms with Crippen molar-refractivity contribution in [1.29, 1.82) is 0 Å². The van der Waals surface area contributed by atoms with Crippen LogP contribution in [0.4, 0.5) is 4.39 Å². The van der Waals surface area contributed by atoms with Crippen molar-refractivity contribution in [3.05, 3.63) is 58.8 Å². The van der Waals surface area contributed by atoms with Crippen LogP contribution in [-0.2, 0) is 20.9 Å². The molecule has 0 saturated carbocycles. The summed E-state index contributed by atoms with van der Waals surface area (Å²) in [5.41, 5.74) is -0.332. The van der Waals surface area contributed by atoms with Gasteiger partial charge in [0.15, 0.2) is 6.61 Å². The summed E-state index contributed by atoms with van der Waals surface area (Å²) < 4.78 is 23.5. The number of likely N-dealkylation sites (N-methyl/N-ethyl adjacent to an activating group) is 1. The molecule has 9 heteroatoms. The van der Waals surface area contributed by atoms with E-state index in [1.54, 1.807) is 12.1 Å². The third kappa shape index (κ3) is 5.59. The van der Waals surface area contributed by atoms with E-state index in [0.29, 0.717) is 5.76 Å². The van der Waals surface area contributed by atoms with Gasteiger partial charge in [-0.25, -0.2) is 9.18 Å². The summed E-state index contributed by atoms with van der Waals surface area (Å²) in [5, 5.41) is 2.71. The molecule has 0 radical (unpaired) electrons. The highest BCUT2D eigenvalue weighted by molar-refractivity contribution is 6.30. The molecule has 1 N–H and O–H groups in total. The van der Waals surface area contributed by atoms with E-state index in [-0.39, 0.29) is 23.7 Å². The van der Waals surface area contributed by atoms with Crippen LogP contribution in [0.15, 0.2) is 41.0 Å². The Balaban J connectivity index is 1.77. The van der Waals surface area contributed by atoms with Crippen LogP contribution in [-0.4, -0.2) is 42.9 Å². The fourth-order valence-corrected chi connectivity index (χ4v) is 2.09. The third-order valence-corrected chi connectivity index (χ3v) is 3.56. The molecule has 1 aromatic heterocycles. The number of carbonyl (C=O) groups excluding carboxylic acids is 3. The molecule has 0 saturated heterocycles. The van der Waals surface area contributed by atoms with E-state index in [1.165, 1.54) is 19.4 Å². The molecule has 1 heterocycles. The molecule has 0 aliphatic rings. The van der Waals surface area contributed by atoms with Gasteiger partial charge in [0, 0.05) is 12.1 Å². The molecule has 7 nitrogen and oxygen atoms in total. The highest BCUT2D eigenvalue weighted by atomic mass is 35.5. The number of rotatable bonds is 7. The van der Waals surface area contributed by atoms with Gasteiger partial charge in [-0.05, 0) is 30.3 Å². The summed E-state index contributed by atoms with van der Waals surface area (Å²) >= 11 is 5.60. The number of hydrogen-bond donors (Lipinski definition) is 1. The highest BCUT2D eigenvalue weighted by Crippen LogP contribution is 2.15. The second-order valence-corrected chi connectivity index (χ2v) is 5.74. The lowest BCUT2D eigenvalue weighted by atomic mass is 10.2. The van der Waals surface area contributed by atoms with Crippen LogP contribution in [0.25, 0.3) is 0 Å². The topological polar surface area (TPSA) is 88.8 Å². The standard InChI is InChI=1S/C17H16ClFN2O5/c1-21(9-15(22)20-8-12-3-2-6-25-12)16(23)10-26-17(24)13-5-4-11(18)7-14(13)19/h2-7H,8-10H2,1H3,(H,20,22). The number of halogens is 2. The fourth-order valence-electron chi connectivity index (χ4n) is 1.93. The number of ether oxygens (including phenoxy) is 1. The minimum absolute atomic E-state index is 0.135. The van der Waals surface area contributed by atoms with Crippen LogP contribution in [0.2, 0.25) is 5.02 Å². The number of hydrogen-bond acceptors (Lipinski definition) is 5. The number of esters is 1. The SMILES string of the molecule is CN(CC(=O)NCc1ccco1)C(=O)COC(=O)c1ccc(Cl)cc1F.